The normalized spacial score (nSPS) is 11.1. The fourth-order valence-corrected chi connectivity index (χ4v) is 3.11. The van der Waals surface area contributed by atoms with Gasteiger partial charge in [0, 0.05) is 0 Å². The number of hydrogen-bond acceptors (Lipinski definition) is 0. The first-order valence-electron chi connectivity index (χ1n) is 7.75. The van der Waals surface area contributed by atoms with E-state index in [0.29, 0.717) is 0 Å². The van der Waals surface area contributed by atoms with Crippen molar-refractivity contribution in [1.82, 2.24) is 0 Å². The maximum Gasteiger partial charge on any atom is -0.00253 e. The molecule has 4 aromatic carbocycles. The molecule has 0 aliphatic rings. The summed E-state index contributed by atoms with van der Waals surface area (Å²) in [5, 5.41) is 5.27. The quantitative estimate of drug-likeness (QED) is 0.430. The summed E-state index contributed by atoms with van der Waals surface area (Å²) in [6.07, 6.45) is 0.981. The molecule has 0 nitrogen and oxygen atoms in total. The van der Waals surface area contributed by atoms with Gasteiger partial charge < -0.3 is 0 Å². The van der Waals surface area contributed by atoms with Crippen molar-refractivity contribution in [2.24, 2.45) is 0 Å². The molecule has 22 heavy (non-hydrogen) atoms. The van der Waals surface area contributed by atoms with Crippen LogP contribution in [0, 0.1) is 6.92 Å². The molecule has 0 aliphatic carbocycles. The third-order valence-corrected chi connectivity index (χ3v) is 4.28. The summed E-state index contributed by atoms with van der Waals surface area (Å²) in [6.45, 7) is 2.15. The Morgan fingerprint density at radius 3 is 1.91 bits per heavy atom. The molecule has 0 fully saturated rings. The molecule has 0 saturated carbocycles. The summed E-state index contributed by atoms with van der Waals surface area (Å²) in [7, 11) is 0. The van der Waals surface area contributed by atoms with E-state index in [-0.39, 0.29) is 0 Å². The second-order valence-corrected chi connectivity index (χ2v) is 6.04. The lowest BCUT2D eigenvalue weighted by atomic mass is 9.98. The van der Waals surface area contributed by atoms with Crippen molar-refractivity contribution in [2.45, 2.75) is 13.3 Å². The van der Waals surface area contributed by atoms with Crippen LogP contribution in [0.5, 0.6) is 0 Å². The van der Waals surface area contributed by atoms with Crippen molar-refractivity contribution in [3.63, 3.8) is 0 Å². The van der Waals surface area contributed by atoms with Gasteiger partial charge in [0.15, 0.2) is 0 Å². The molecular formula is C22H18. The second-order valence-electron chi connectivity index (χ2n) is 6.04. The van der Waals surface area contributed by atoms with Crippen molar-refractivity contribution in [3.05, 3.63) is 95.6 Å². The summed E-state index contributed by atoms with van der Waals surface area (Å²) < 4.78 is 0. The molecule has 0 radical (unpaired) electrons. The van der Waals surface area contributed by atoms with Crippen LogP contribution in [0.1, 0.15) is 16.7 Å². The molecule has 4 rings (SSSR count). The minimum Gasteiger partial charge on any atom is -0.0616 e. The van der Waals surface area contributed by atoms with Crippen molar-refractivity contribution >= 4 is 21.5 Å². The van der Waals surface area contributed by atoms with E-state index in [0.717, 1.165) is 6.42 Å². The van der Waals surface area contributed by atoms with Crippen molar-refractivity contribution < 1.29 is 0 Å². The fraction of sp³-hybridized carbons (Fsp3) is 0.0909. The Morgan fingerprint density at radius 1 is 0.545 bits per heavy atom. The van der Waals surface area contributed by atoms with Gasteiger partial charge in [0.05, 0.1) is 0 Å². The second kappa shape index (κ2) is 5.31. The third-order valence-electron chi connectivity index (χ3n) is 4.28. The summed E-state index contributed by atoms with van der Waals surface area (Å²) in [4.78, 5) is 0. The Hall–Kier alpha value is -2.60. The maximum atomic E-state index is 2.32. The first kappa shape index (κ1) is 13.1. The lowest BCUT2D eigenvalue weighted by Gasteiger charge is -2.06. The minimum absolute atomic E-state index is 0.981. The predicted molar refractivity (Wildman–Crippen MR) is 95.4 cm³/mol. The standard InChI is InChI=1S/C22H18/c1-16-6-9-20-11-8-18(15-22(20)12-16)13-17-7-10-19-4-2-3-5-21(19)14-17/h2-12,14-15H,13H2,1H3. The van der Waals surface area contributed by atoms with Crippen LogP contribution in [0.15, 0.2) is 78.9 Å². The zero-order chi connectivity index (χ0) is 14.9. The van der Waals surface area contributed by atoms with Crippen LogP contribution in [-0.2, 0) is 6.42 Å². The highest BCUT2D eigenvalue weighted by Crippen LogP contribution is 2.21. The first-order valence-corrected chi connectivity index (χ1v) is 7.75. The molecule has 0 saturated heterocycles. The van der Waals surface area contributed by atoms with Gasteiger partial charge in [-0.05, 0) is 46.0 Å². The molecule has 0 heteroatoms. The Morgan fingerprint density at radius 2 is 1.14 bits per heavy atom. The topological polar surface area (TPSA) is 0 Å². The average molecular weight is 282 g/mol. The minimum atomic E-state index is 0.981. The van der Waals surface area contributed by atoms with Crippen LogP contribution in [-0.4, -0.2) is 0 Å². The molecule has 0 N–H and O–H groups in total. The molecule has 0 bridgehead atoms. The molecule has 106 valence electrons. The van der Waals surface area contributed by atoms with Gasteiger partial charge in [-0.1, -0.05) is 84.4 Å². The van der Waals surface area contributed by atoms with Gasteiger partial charge in [-0.3, -0.25) is 0 Å². The lowest BCUT2D eigenvalue weighted by molar-refractivity contribution is 1.21. The van der Waals surface area contributed by atoms with Crippen LogP contribution in [0.25, 0.3) is 21.5 Å². The summed E-state index contributed by atoms with van der Waals surface area (Å²) in [5.74, 6) is 0. The van der Waals surface area contributed by atoms with Gasteiger partial charge in [-0.25, -0.2) is 0 Å². The van der Waals surface area contributed by atoms with Gasteiger partial charge in [0.1, 0.15) is 0 Å². The van der Waals surface area contributed by atoms with E-state index in [1.807, 2.05) is 0 Å². The first-order chi connectivity index (χ1) is 10.8. The Kier molecular flexibility index (Phi) is 3.16. The summed E-state index contributed by atoms with van der Waals surface area (Å²) in [5.41, 5.74) is 4.05. The largest absolute Gasteiger partial charge is 0.0616 e. The fourth-order valence-electron chi connectivity index (χ4n) is 3.11. The smallest absolute Gasteiger partial charge is 0.00253 e. The SMILES string of the molecule is Cc1ccc2ccc(Cc3ccc4ccccc4c3)cc2c1. The van der Waals surface area contributed by atoms with Crippen LogP contribution < -0.4 is 0 Å². The number of hydrogen-bond donors (Lipinski definition) is 0. The molecular weight excluding hydrogens is 264 g/mol. The third kappa shape index (κ3) is 2.48. The Bertz CT molecular complexity index is 964. The maximum absolute atomic E-state index is 2.32. The van der Waals surface area contributed by atoms with Crippen LogP contribution in [0.3, 0.4) is 0 Å². The van der Waals surface area contributed by atoms with E-state index < -0.39 is 0 Å². The number of rotatable bonds is 2. The highest BCUT2D eigenvalue weighted by atomic mass is 14.1. The van der Waals surface area contributed by atoms with Crippen molar-refractivity contribution in [2.75, 3.05) is 0 Å². The van der Waals surface area contributed by atoms with E-state index in [2.05, 4.69) is 85.8 Å². The van der Waals surface area contributed by atoms with Gasteiger partial charge in [0.2, 0.25) is 0 Å². The Balaban J connectivity index is 1.72. The van der Waals surface area contributed by atoms with Gasteiger partial charge in [0.25, 0.3) is 0 Å². The van der Waals surface area contributed by atoms with E-state index in [1.165, 1.54) is 38.2 Å². The molecule has 0 aromatic heterocycles. The van der Waals surface area contributed by atoms with Gasteiger partial charge in [-0.2, -0.15) is 0 Å². The molecule has 0 unspecified atom stereocenters. The lowest BCUT2D eigenvalue weighted by Crippen LogP contribution is -1.89. The van der Waals surface area contributed by atoms with E-state index in [1.54, 1.807) is 0 Å². The van der Waals surface area contributed by atoms with Gasteiger partial charge in [-0.15, -0.1) is 0 Å². The van der Waals surface area contributed by atoms with E-state index in [9.17, 15) is 0 Å². The zero-order valence-corrected chi connectivity index (χ0v) is 12.7. The molecule has 0 spiro atoms. The molecule has 0 aliphatic heterocycles. The van der Waals surface area contributed by atoms with Crippen LogP contribution in [0.2, 0.25) is 0 Å². The average Bonchev–Trinajstić information content (AvgIpc) is 2.54. The zero-order valence-electron chi connectivity index (χ0n) is 12.7. The van der Waals surface area contributed by atoms with Crippen molar-refractivity contribution in [1.29, 1.82) is 0 Å². The van der Waals surface area contributed by atoms with Crippen LogP contribution >= 0.6 is 0 Å². The Labute approximate surface area is 131 Å². The number of aryl methyl sites for hydroxylation is 1. The molecule has 0 amide bonds. The molecule has 0 heterocycles. The number of fused-ring (bicyclic) bond motifs is 2. The number of benzene rings is 4. The highest BCUT2D eigenvalue weighted by Gasteiger charge is 2.01. The van der Waals surface area contributed by atoms with E-state index >= 15 is 0 Å². The predicted octanol–water partition coefficient (Wildman–Crippen LogP) is 5.89. The van der Waals surface area contributed by atoms with Crippen LogP contribution in [0.4, 0.5) is 0 Å². The monoisotopic (exact) mass is 282 g/mol. The van der Waals surface area contributed by atoms with Crippen molar-refractivity contribution in [3.8, 4) is 0 Å². The van der Waals surface area contributed by atoms with E-state index in [4.69, 9.17) is 0 Å². The summed E-state index contributed by atoms with van der Waals surface area (Å²) in [6, 6.07) is 28.7. The molecule has 0 atom stereocenters. The summed E-state index contributed by atoms with van der Waals surface area (Å²) >= 11 is 0. The van der Waals surface area contributed by atoms with Gasteiger partial charge >= 0.3 is 0 Å². The highest BCUT2D eigenvalue weighted by molar-refractivity contribution is 5.84. The molecule has 4 aromatic rings.